The molecule has 5 nitrogen and oxygen atoms in total. The molecule has 5 heteroatoms. The Morgan fingerprint density at radius 3 is 2.60 bits per heavy atom. The number of ether oxygens (including phenoxy) is 1. The van der Waals surface area contributed by atoms with Crippen molar-refractivity contribution in [2.75, 3.05) is 26.2 Å². The molecule has 0 aliphatic carbocycles. The first-order valence-electron chi connectivity index (χ1n) is 8.94. The van der Waals surface area contributed by atoms with Crippen LogP contribution in [0.15, 0.2) is 48.7 Å². The third-order valence-electron chi connectivity index (χ3n) is 4.38. The van der Waals surface area contributed by atoms with Crippen molar-refractivity contribution in [1.29, 1.82) is 0 Å². The molecule has 2 heterocycles. The summed E-state index contributed by atoms with van der Waals surface area (Å²) in [6, 6.07) is 13.3. The molecule has 0 radical (unpaired) electrons. The number of benzene rings is 1. The van der Waals surface area contributed by atoms with E-state index >= 15 is 0 Å². The van der Waals surface area contributed by atoms with Gasteiger partial charge in [-0.2, -0.15) is 0 Å². The molecule has 0 bridgehead atoms. The third kappa shape index (κ3) is 5.57. The maximum absolute atomic E-state index is 12.2. The zero-order valence-corrected chi connectivity index (χ0v) is 14.5. The van der Waals surface area contributed by atoms with E-state index in [1.54, 1.807) is 12.3 Å². The van der Waals surface area contributed by atoms with Crippen LogP contribution in [0.25, 0.3) is 0 Å². The number of para-hydroxylation sites is 1. The Balaban J connectivity index is 1.42. The fourth-order valence-corrected chi connectivity index (χ4v) is 2.93. The number of nitrogens with one attached hydrogen (secondary N) is 1. The van der Waals surface area contributed by atoms with E-state index in [1.165, 1.54) is 19.3 Å². The Kier molecular flexibility index (Phi) is 6.40. The molecule has 1 aliphatic rings. The number of hydrogen-bond acceptors (Lipinski definition) is 4. The third-order valence-corrected chi connectivity index (χ3v) is 4.38. The van der Waals surface area contributed by atoms with Gasteiger partial charge in [-0.25, -0.2) is 0 Å². The van der Waals surface area contributed by atoms with Crippen molar-refractivity contribution >= 4 is 5.91 Å². The van der Waals surface area contributed by atoms with Gasteiger partial charge in [0.2, 0.25) is 0 Å². The lowest BCUT2D eigenvalue weighted by Crippen LogP contribution is -2.37. The molecule has 1 amide bonds. The van der Waals surface area contributed by atoms with Crippen LogP contribution in [0.3, 0.4) is 0 Å². The molecule has 25 heavy (non-hydrogen) atoms. The second kappa shape index (κ2) is 9.18. The number of aromatic nitrogens is 1. The van der Waals surface area contributed by atoms with Crippen molar-refractivity contribution in [3.63, 3.8) is 0 Å². The van der Waals surface area contributed by atoms with Gasteiger partial charge >= 0.3 is 0 Å². The zero-order chi connectivity index (χ0) is 17.3. The maximum atomic E-state index is 12.2. The quantitative estimate of drug-likeness (QED) is 0.843. The van der Waals surface area contributed by atoms with Gasteiger partial charge in [0.05, 0.1) is 11.3 Å². The summed E-state index contributed by atoms with van der Waals surface area (Å²) in [5.41, 5.74) is 1.39. The van der Waals surface area contributed by atoms with Crippen LogP contribution in [-0.2, 0) is 6.61 Å². The van der Waals surface area contributed by atoms with Gasteiger partial charge in [-0.15, -0.1) is 0 Å². The Labute approximate surface area is 149 Å². The SMILES string of the molecule is O=C(NCCN1CCCCC1)c1ccc(COc2ccccc2)nc1. The molecule has 1 fully saturated rings. The van der Waals surface area contributed by atoms with Gasteiger partial charge in [0.15, 0.2) is 0 Å². The van der Waals surface area contributed by atoms with Crippen LogP contribution < -0.4 is 10.1 Å². The summed E-state index contributed by atoms with van der Waals surface area (Å²) in [6.45, 7) is 4.28. The van der Waals surface area contributed by atoms with Crippen LogP contribution in [0, 0.1) is 0 Å². The van der Waals surface area contributed by atoms with Crippen molar-refractivity contribution in [2.45, 2.75) is 25.9 Å². The number of pyridine rings is 1. The first kappa shape index (κ1) is 17.4. The second-order valence-corrected chi connectivity index (χ2v) is 6.30. The lowest BCUT2D eigenvalue weighted by atomic mass is 10.1. The molecule has 1 aliphatic heterocycles. The summed E-state index contributed by atoms with van der Waals surface area (Å²) in [4.78, 5) is 18.9. The summed E-state index contributed by atoms with van der Waals surface area (Å²) in [5, 5.41) is 2.97. The van der Waals surface area contributed by atoms with Gasteiger partial charge in [0.25, 0.3) is 5.91 Å². The van der Waals surface area contributed by atoms with Gasteiger partial charge in [-0.1, -0.05) is 24.6 Å². The number of nitrogens with zero attached hydrogens (tertiary/aromatic N) is 2. The molecule has 3 rings (SSSR count). The Morgan fingerprint density at radius 1 is 1.08 bits per heavy atom. The van der Waals surface area contributed by atoms with Crippen molar-refractivity contribution in [2.24, 2.45) is 0 Å². The van der Waals surface area contributed by atoms with Gasteiger partial charge in [0.1, 0.15) is 12.4 Å². The smallest absolute Gasteiger partial charge is 0.252 e. The highest BCUT2D eigenvalue weighted by Gasteiger charge is 2.11. The summed E-state index contributed by atoms with van der Waals surface area (Å²) >= 11 is 0. The van der Waals surface area contributed by atoms with E-state index in [4.69, 9.17) is 4.74 Å². The summed E-state index contributed by atoms with van der Waals surface area (Å²) < 4.78 is 5.66. The number of carbonyl (C=O) groups excluding carboxylic acids is 1. The molecule has 132 valence electrons. The molecule has 0 atom stereocenters. The first-order valence-corrected chi connectivity index (χ1v) is 8.94. The van der Waals surface area contributed by atoms with Gasteiger partial charge < -0.3 is 15.0 Å². The van der Waals surface area contributed by atoms with E-state index in [-0.39, 0.29) is 5.91 Å². The highest BCUT2D eigenvalue weighted by atomic mass is 16.5. The van der Waals surface area contributed by atoms with E-state index in [1.807, 2.05) is 36.4 Å². The van der Waals surface area contributed by atoms with Crippen molar-refractivity contribution in [1.82, 2.24) is 15.2 Å². The lowest BCUT2D eigenvalue weighted by molar-refractivity contribution is 0.0946. The van der Waals surface area contributed by atoms with Gasteiger partial charge in [-0.3, -0.25) is 9.78 Å². The van der Waals surface area contributed by atoms with E-state index < -0.39 is 0 Å². The molecule has 1 N–H and O–H groups in total. The first-order chi connectivity index (χ1) is 12.3. The molecular weight excluding hydrogens is 314 g/mol. The standard InChI is InChI=1S/C20H25N3O2/c24-20(21-11-14-23-12-5-2-6-13-23)17-9-10-18(22-15-17)16-25-19-7-3-1-4-8-19/h1,3-4,7-10,15H,2,5-6,11-14,16H2,(H,21,24). The van der Waals surface area contributed by atoms with Crippen LogP contribution in [-0.4, -0.2) is 42.0 Å². The van der Waals surface area contributed by atoms with Crippen LogP contribution in [0.2, 0.25) is 0 Å². The lowest BCUT2D eigenvalue weighted by Gasteiger charge is -2.26. The topological polar surface area (TPSA) is 54.5 Å². The van der Waals surface area contributed by atoms with E-state index in [2.05, 4.69) is 15.2 Å². The summed E-state index contributed by atoms with van der Waals surface area (Å²) in [7, 11) is 0. The number of rotatable bonds is 7. The average molecular weight is 339 g/mol. The predicted molar refractivity (Wildman–Crippen MR) is 97.6 cm³/mol. The Hall–Kier alpha value is -2.40. The average Bonchev–Trinajstić information content (AvgIpc) is 2.68. The minimum Gasteiger partial charge on any atom is -0.487 e. The van der Waals surface area contributed by atoms with Gasteiger partial charge in [-0.05, 0) is 50.2 Å². The number of carbonyl (C=O) groups is 1. The van der Waals surface area contributed by atoms with Gasteiger partial charge in [0, 0.05) is 19.3 Å². The molecule has 0 saturated carbocycles. The van der Waals surface area contributed by atoms with E-state index in [0.29, 0.717) is 18.7 Å². The Morgan fingerprint density at radius 2 is 1.88 bits per heavy atom. The van der Waals surface area contributed by atoms with Crippen molar-refractivity contribution < 1.29 is 9.53 Å². The van der Waals surface area contributed by atoms with E-state index in [9.17, 15) is 4.79 Å². The minimum atomic E-state index is -0.0694. The second-order valence-electron chi connectivity index (χ2n) is 6.30. The van der Waals surface area contributed by atoms with Crippen LogP contribution in [0.5, 0.6) is 5.75 Å². The fraction of sp³-hybridized carbons (Fsp3) is 0.400. The normalized spacial score (nSPS) is 14.9. The number of hydrogen-bond donors (Lipinski definition) is 1. The minimum absolute atomic E-state index is 0.0694. The largest absolute Gasteiger partial charge is 0.487 e. The highest BCUT2D eigenvalue weighted by molar-refractivity contribution is 5.93. The molecule has 1 aromatic carbocycles. The van der Waals surface area contributed by atoms with Crippen molar-refractivity contribution in [3.8, 4) is 5.75 Å². The molecular formula is C20H25N3O2. The van der Waals surface area contributed by atoms with Crippen LogP contribution in [0.4, 0.5) is 0 Å². The summed E-state index contributed by atoms with van der Waals surface area (Å²) in [5.74, 6) is 0.740. The molecule has 0 spiro atoms. The molecule has 0 unspecified atom stereocenters. The van der Waals surface area contributed by atoms with Crippen molar-refractivity contribution in [3.05, 3.63) is 59.9 Å². The monoisotopic (exact) mass is 339 g/mol. The van der Waals surface area contributed by atoms with Crippen LogP contribution >= 0.6 is 0 Å². The number of likely N-dealkylation sites (tertiary alicyclic amines) is 1. The molecule has 1 aromatic heterocycles. The predicted octanol–water partition coefficient (Wildman–Crippen LogP) is 2.88. The number of piperidine rings is 1. The fourth-order valence-electron chi connectivity index (χ4n) is 2.93. The Bertz CT molecular complexity index is 652. The zero-order valence-electron chi connectivity index (χ0n) is 14.5. The summed E-state index contributed by atoms with van der Waals surface area (Å²) in [6.07, 6.45) is 5.48. The molecule has 2 aromatic rings. The van der Waals surface area contributed by atoms with Crippen LogP contribution in [0.1, 0.15) is 35.3 Å². The maximum Gasteiger partial charge on any atom is 0.252 e. The van der Waals surface area contributed by atoms with E-state index in [0.717, 1.165) is 31.1 Å². The number of amides is 1. The highest BCUT2D eigenvalue weighted by Crippen LogP contribution is 2.11. The molecule has 1 saturated heterocycles.